The van der Waals surface area contributed by atoms with Crippen LogP contribution in [0.15, 0.2) is 67.0 Å². The first-order chi connectivity index (χ1) is 21.4. The van der Waals surface area contributed by atoms with E-state index in [0.29, 0.717) is 29.0 Å². The monoisotopic (exact) mass is 591 g/mol. The highest BCUT2D eigenvalue weighted by Gasteiger charge is 2.50. The van der Waals surface area contributed by atoms with Gasteiger partial charge in [-0.05, 0) is 92.3 Å². The molecule has 4 aromatic rings. The molecule has 2 aromatic carbocycles. The van der Waals surface area contributed by atoms with E-state index in [9.17, 15) is 9.90 Å². The molecule has 8 heteroatoms. The number of hydrogen-bond donors (Lipinski definition) is 2. The van der Waals surface area contributed by atoms with E-state index in [1.165, 1.54) is 38.5 Å². The van der Waals surface area contributed by atoms with Crippen molar-refractivity contribution in [3.63, 3.8) is 0 Å². The first kappa shape index (κ1) is 27.7. The predicted molar refractivity (Wildman–Crippen MR) is 172 cm³/mol. The molecule has 4 fully saturated rings. The number of nitrogens with one attached hydrogen (secondary N) is 1. The second-order valence-corrected chi connectivity index (χ2v) is 13.6. The largest absolute Gasteiger partial charge is 0.478 e. The number of rotatable bonds is 7. The van der Waals surface area contributed by atoms with Crippen molar-refractivity contribution in [2.24, 2.45) is 5.41 Å². The molecule has 2 aliphatic heterocycles. The van der Waals surface area contributed by atoms with Crippen molar-refractivity contribution in [3.05, 3.63) is 83.7 Å². The molecule has 2 aromatic heterocycles. The Morgan fingerprint density at radius 1 is 1.00 bits per heavy atom. The van der Waals surface area contributed by atoms with E-state index in [4.69, 9.17) is 4.74 Å². The maximum Gasteiger partial charge on any atom is 0.339 e. The van der Waals surface area contributed by atoms with Gasteiger partial charge < -0.3 is 24.6 Å². The molecule has 0 unspecified atom stereocenters. The number of likely N-dealkylation sites (N-methyl/N-ethyl adjacent to an activating group) is 1. The molecule has 4 heterocycles. The number of ether oxygens (including phenoxy) is 1. The molecule has 2 saturated carbocycles. The lowest BCUT2D eigenvalue weighted by Gasteiger charge is -2.58. The van der Waals surface area contributed by atoms with Crippen molar-refractivity contribution in [1.29, 1.82) is 0 Å². The zero-order valence-electron chi connectivity index (χ0n) is 25.4. The van der Waals surface area contributed by atoms with Gasteiger partial charge in [0, 0.05) is 68.1 Å². The van der Waals surface area contributed by atoms with Crippen LogP contribution in [0.4, 0.5) is 5.69 Å². The molecule has 8 nitrogen and oxygen atoms in total. The fraction of sp³-hybridized carbons (Fsp3) is 0.444. The number of H-pyrrole nitrogens is 1. The molecular formula is C36H41N5O3. The van der Waals surface area contributed by atoms with E-state index < -0.39 is 5.97 Å². The van der Waals surface area contributed by atoms with Crippen molar-refractivity contribution >= 4 is 22.7 Å². The Kier molecular flexibility index (Phi) is 6.87. The van der Waals surface area contributed by atoms with Crippen LogP contribution in [0.1, 0.15) is 72.0 Å². The lowest BCUT2D eigenvalue weighted by Crippen LogP contribution is -2.59. The summed E-state index contributed by atoms with van der Waals surface area (Å²) in [6.07, 6.45) is 11.1. The van der Waals surface area contributed by atoms with Crippen molar-refractivity contribution < 1.29 is 14.6 Å². The zero-order chi connectivity index (χ0) is 29.8. The number of aromatic nitrogens is 2. The molecule has 4 aliphatic rings. The SMILES string of the molecule is CN1CCN(C2CC3(CCN(c4ccc(C(=O)O)c(Oc5cnc6[nH]ccc6c5)c4)CC3)C2)[C@@H](c2ccccc2C2CC2)C1. The van der Waals surface area contributed by atoms with Gasteiger partial charge in [0.15, 0.2) is 0 Å². The third kappa shape index (κ3) is 5.14. The highest BCUT2D eigenvalue weighted by Crippen LogP contribution is 2.54. The molecule has 2 saturated heterocycles. The number of anilines is 1. The van der Waals surface area contributed by atoms with Crippen LogP contribution in [0.3, 0.4) is 0 Å². The van der Waals surface area contributed by atoms with Gasteiger partial charge in [0.25, 0.3) is 0 Å². The standard InChI is InChI=1S/C36H41N5O3/c1-39-16-17-41(32(23-39)30-5-3-2-4-29(30)24-6-7-24)27-20-36(21-27)11-14-40(15-12-36)26-8-9-31(35(42)43)33(19-26)44-28-18-25-10-13-37-34(25)38-22-28/h2-5,8-10,13,18-19,22,24,27,32H,6-7,11-12,14-17,20-21,23H2,1H3,(H,37,38)(H,42,43)/t32-/m1/s1. The average molecular weight is 592 g/mol. The number of fused-ring (bicyclic) bond motifs is 1. The summed E-state index contributed by atoms with van der Waals surface area (Å²) >= 11 is 0. The quantitative estimate of drug-likeness (QED) is 0.248. The highest BCUT2D eigenvalue weighted by molar-refractivity contribution is 5.92. The molecule has 0 radical (unpaired) electrons. The molecule has 1 atom stereocenters. The number of carboxylic acids is 1. The van der Waals surface area contributed by atoms with Crippen molar-refractivity contribution in [2.45, 2.75) is 56.5 Å². The van der Waals surface area contributed by atoms with Crippen molar-refractivity contribution in [3.8, 4) is 11.5 Å². The Bertz CT molecular complexity index is 1680. The van der Waals surface area contributed by atoms with E-state index in [1.807, 2.05) is 30.5 Å². The molecule has 1 spiro atoms. The second-order valence-electron chi connectivity index (χ2n) is 13.6. The summed E-state index contributed by atoms with van der Waals surface area (Å²) in [6.45, 7) is 5.37. The molecule has 0 amide bonds. The third-order valence-electron chi connectivity index (χ3n) is 10.8. The Hall–Kier alpha value is -3.88. The number of piperidine rings is 1. The minimum atomic E-state index is -0.998. The Morgan fingerprint density at radius 3 is 2.57 bits per heavy atom. The van der Waals surface area contributed by atoms with Gasteiger partial charge in [0.05, 0.1) is 6.20 Å². The lowest BCUT2D eigenvalue weighted by molar-refractivity contribution is -0.0583. The fourth-order valence-corrected chi connectivity index (χ4v) is 8.12. The number of aromatic amines is 1. The van der Waals surface area contributed by atoms with Crippen LogP contribution in [0, 0.1) is 5.41 Å². The van der Waals surface area contributed by atoms with Gasteiger partial charge in [-0.2, -0.15) is 0 Å². The van der Waals surface area contributed by atoms with Crippen LogP contribution >= 0.6 is 0 Å². The molecular weight excluding hydrogens is 550 g/mol. The number of hydrogen-bond acceptors (Lipinski definition) is 6. The Morgan fingerprint density at radius 2 is 1.80 bits per heavy atom. The maximum absolute atomic E-state index is 12.0. The minimum Gasteiger partial charge on any atom is -0.478 e. The van der Waals surface area contributed by atoms with Crippen LogP contribution in [-0.4, -0.2) is 76.7 Å². The van der Waals surface area contributed by atoms with Crippen LogP contribution in [0.25, 0.3) is 11.0 Å². The topological polar surface area (TPSA) is 84.9 Å². The first-order valence-corrected chi connectivity index (χ1v) is 16.2. The second kappa shape index (κ2) is 10.9. The maximum atomic E-state index is 12.0. The summed E-state index contributed by atoms with van der Waals surface area (Å²) in [4.78, 5) is 27.3. The van der Waals surface area contributed by atoms with Gasteiger partial charge >= 0.3 is 5.97 Å². The van der Waals surface area contributed by atoms with Gasteiger partial charge in [0.2, 0.25) is 0 Å². The molecule has 0 bridgehead atoms. The summed E-state index contributed by atoms with van der Waals surface area (Å²) in [5.74, 6) is 0.648. The number of pyridine rings is 1. The number of piperazine rings is 1. The van der Waals surface area contributed by atoms with Crippen molar-refractivity contribution in [2.75, 3.05) is 44.7 Å². The van der Waals surface area contributed by atoms with E-state index in [2.05, 4.69) is 56.0 Å². The lowest BCUT2D eigenvalue weighted by atomic mass is 9.59. The number of carboxylic acid groups (broad SMARTS) is 1. The van der Waals surface area contributed by atoms with Crippen LogP contribution in [0.5, 0.6) is 11.5 Å². The van der Waals surface area contributed by atoms with Crippen molar-refractivity contribution in [1.82, 2.24) is 19.8 Å². The number of nitrogens with zero attached hydrogens (tertiary/aromatic N) is 4. The summed E-state index contributed by atoms with van der Waals surface area (Å²) in [5, 5.41) is 10.8. The smallest absolute Gasteiger partial charge is 0.339 e. The number of aromatic carboxylic acids is 1. The van der Waals surface area contributed by atoms with Gasteiger partial charge in [-0.1, -0.05) is 24.3 Å². The van der Waals surface area contributed by atoms with Gasteiger partial charge in [-0.15, -0.1) is 0 Å². The summed E-state index contributed by atoms with van der Waals surface area (Å²) in [5.41, 5.74) is 5.53. The summed E-state index contributed by atoms with van der Waals surface area (Å²) in [6, 6.07) is 19.7. The Labute approximate surface area is 258 Å². The van der Waals surface area contributed by atoms with E-state index in [0.717, 1.165) is 55.4 Å². The minimum absolute atomic E-state index is 0.156. The molecule has 44 heavy (non-hydrogen) atoms. The average Bonchev–Trinajstić information content (AvgIpc) is 3.77. The van der Waals surface area contributed by atoms with E-state index in [-0.39, 0.29) is 5.56 Å². The molecule has 8 rings (SSSR count). The van der Waals surface area contributed by atoms with Crippen LogP contribution in [0.2, 0.25) is 0 Å². The van der Waals surface area contributed by atoms with E-state index >= 15 is 0 Å². The molecule has 2 aliphatic carbocycles. The fourth-order valence-electron chi connectivity index (χ4n) is 8.12. The Balaban J connectivity index is 0.946. The first-order valence-electron chi connectivity index (χ1n) is 16.2. The summed E-state index contributed by atoms with van der Waals surface area (Å²) < 4.78 is 6.12. The van der Waals surface area contributed by atoms with Gasteiger partial charge in [0.1, 0.15) is 22.7 Å². The highest BCUT2D eigenvalue weighted by atomic mass is 16.5. The predicted octanol–water partition coefficient (Wildman–Crippen LogP) is 6.67. The van der Waals surface area contributed by atoms with Gasteiger partial charge in [-0.25, -0.2) is 9.78 Å². The van der Waals surface area contributed by atoms with E-state index in [1.54, 1.807) is 23.4 Å². The van der Waals surface area contributed by atoms with Crippen LogP contribution in [-0.2, 0) is 0 Å². The number of carbonyl (C=O) groups is 1. The zero-order valence-corrected chi connectivity index (χ0v) is 25.4. The third-order valence-corrected chi connectivity index (χ3v) is 10.8. The molecule has 2 N–H and O–H groups in total. The number of benzene rings is 2. The molecule has 228 valence electrons. The summed E-state index contributed by atoms with van der Waals surface area (Å²) in [7, 11) is 2.28. The van der Waals surface area contributed by atoms with Gasteiger partial charge in [-0.3, -0.25) is 4.90 Å². The van der Waals surface area contributed by atoms with Crippen LogP contribution < -0.4 is 9.64 Å². The normalized spacial score (nSPS) is 22.8.